The number of rotatable bonds is 38. The second-order valence-corrected chi connectivity index (χ2v) is 17.4. The molecule has 58 heavy (non-hydrogen) atoms. The summed E-state index contributed by atoms with van der Waals surface area (Å²) in [5.41, 5.74) is 6.14. The Morgan fingerprint density at radius 3 is 2.14 bits per heavy atom. The topological polar surface area (TPSA) is 232 Å². The van der Waals surface area contributed by atoms with Gasteiger partial charge in [0.2, 0.25) is 0 Å². The second-order valence-electron chi connectivity index (χ2n) is 14.7. The predicted octanol–water partition coefficient (Wildman–Crippen LogP) is 7.34. The highest BCUT2D eigenvalue weighted by Crippen LogP contribution is 2.43. The number of aliphatic carboxylic acids is 1. The number of unbranched alkanes of at least 4 members (excludes halogenated alkanes) is 9. The lowest BCUT2D eigenvalue weighted by Gasteiger charge is -2.22. The molecule has 0 fully saturated rings. The molecule has 0 aliphatic carbocycles. The maximum Gasteiger partial charge on any atom is 0.472 e. The van der Waals surface area contributed by atoms with E-state index < -0.39 is 81.8 Å². The summed E-state index contributed by atoms with van der Waals surface area (Å²) in [6, 6.07) is -1.17. The van der Waals surface area contributed by atoms with Crippen molar-refractivity contribution in [2.45, 2.75) is 160 Å². The molecule has 0 radical (unpaired) electrons. The Bertz CT molecular complexity index is 1250. The van der Waals surface area contributed by atoms with Crippen LogP contribution in [0.3, 0.4) is 0 Å². The standard InChI is InChI=1S/C42H74NO13PS/c1-4-5-6-7-8-9-10-11-12-15-18-21-26-39(38(46)25-23-27-40(47)48)58-33-37(43)42(50)53-31-36(32-55-57(51,52)54-30-35(45)29-44)56-41(49)28-22-19-16-13-14-17-20-24-34(2)3/h8-9,11-12,15,18,21,26,34-39,44-46H,4-7,10,13-14,16-17,19-20,22-25,27-33,43H2,1-3H3,(H,47,48)(H,51,52)/b9-8-,12-11-,18-15+,26-21+/t35-,36+,37-,38-,39+/m0/s1. The SMILES string of the molecule is CCCCC/C=C\C\C=C/C=C/C=C/[C@@H](SC[C@H](N)C(=O)OC[C@H](COP(=O)(O)OC[C@@H](O)CO)OC(=O)CCCCCCCCCC(C)C)[C@@H](O)CCCC(=O)O. The molecule has 0 saturated carbocycles. The van der Waals surface area contributed by atoms with Gasteiger partial charge in [-0.2, -0.15) is 0 Å². The van der Waals surface area contributed by atoms with Crippen molar-refractivity contribution >= 4 is 37.5 Å². The van der Waals surface area contributed by atoms with Crippen molar-refractivity contribution in [2.75, 3.05) is 32.2 Å². The zero-order valence-electron chi connectivity index (χ0n) is 35.1. The van der Waals surface area contributed by atoms with Gasteiger partial charge in [0.05, 0.1) is 25.9 Å². The first-order valence-corrected chi connectivity index (χ1v) is 23.4. The van der Waals surface area contributed by atoms with Crippen LogP contribution in [0.2, 0.25) is 0 Å². The van der Waals surface area contributed by atoms with E-state index in [1.165, 1.54) is 50.3 Å². The fourth-order valence-corrected chi connectivity index (χ4v) is 7.18. The molecule has 0 spiro atoms. The van der Waals surface area contributed by atoms with Crippen LogP contribution in [0.25, 0.3) is 0 Å². The summed E-state index contributed by atoms with van der Waals surface area (Å²) in [7, 11) is -4.75. The maximum absolute atomic E-state index is 12.9. The van der Waals surface area contributed by atoms with Gasteiger partial charge in [-0.3, -0.25) is 23.4 Å². The van der Waals surface area contributed by atoms with Crippen LogP contribution in [0.1, 0.15) is 130 Å². The van der Waals surface area contributed by atoms with Gasteiger partial charge in [-0.05, 0) is 44.4 Å². The van der Waals surface area contributed by atoms with Crippen molar-refractivity contribution in [2.24, 2.45) is 11.7 Å². The van der Waals surface area contributed by atoms with Crippen molar-refractivity contribution in [3.05, 3.63) is 48.6 Å². The maximum atomic E-state index is 12.9. The van der Waals surface area contributed by atoms with Crippen LogP contribution in [0.4, 0.5) is 0 Å². The van der Waals surface area contributed by atoms with E-state index in [1.54, 1.807) is 18.2 Å². The highest BCUT2D eigenvalue weighted by Gasteiger charge is 2.28. The zero-order chi connectivity index (χ0) is 43.4. The molecule has 16 heteroatoms. The molecular formula is C42H74NO13PS. The van der Waals surface area contributed by atoms with Crippen LogP contribution in [-0.4, -0.2) is 105 Å². The Balaban J connectivity index is 5.29. The lowest BCUT2D eigenvalue weighted by atomic mass is 10.0. The number of hydrogen-bond donors (Lipinski definition) is 6. The Morgan fingerprint density at radius 1 is 0.793 bits per heavy atom. The van der Waals surface area contributed by atoms with E-state index in [-0.39, 0.29) is 31.4 Å². The number of nitrogens with two attached hydrogens (primary N) is 1. The van der Waals surface area contributed by atoms with Crippen molar-refractivity contribution in [3.63, 3.8) is 0 Å². The van der Waals surface area contributed by atoms with Gasteiger partial charge < -0.3 is 40.5 Å². The lowest BCUT2D eigenvalue weighted by Crippen LogP contribution is -2.38. The molecule has 0 saturated heterocycles. The number of thioether (sulfide) groups is 1. The van der Waals surface area contributed by atoms with Crippen molar-refractivity contribution in [3.8, 4) is 0 Å². The largest absolute Gasteiger partial charge is 0.481 e. The van der Waals surface area contributed by atoms with Gasteiger partial charge in [0.1, 0.15) is 18.8 Å². The average Bonchev–Trinajstić information content (AvgIpc) is 3.18. The van der Waals surface area contributed by atoms with E-state index >= 15 is 0 Å². The monoisotopic (exact) mass is 863 g/mol. The third-order valence-electron chi connectivity index (χ3n) is 8.66. The van der Waals surface area contributed by atoms with Crippen LogP contribution < -0.4 is 5.73 Å². The summed E-state index contributed by atoms with van der Waals surface area (Å²) in [5.74, 6) is -1.72. The average molecular weight is 864 g/mol. The van der Waals surface area contributed by atoms with E-state index in [4.69, 9.17) is 29.9 Å². The number of carbonyl (C=O) groups is 3. The molecule has 6 atom stereocenters. The predicted molar refractivity (Wildman–Crippen MR) is 229 cm³/mol. The molecule has 0 rings (SSSR count). The Hall–Kier alpha value is -2.33. The first-order valence-electron chi connectivity index (χ1n) is 20.9. The summed E-state index contributed by atoms with van der Waals surface area (Å²) in [4.78, 5) is 46.6. The molecule has 0 aromatic rings. The number of allylic oxidation sites excluding steroid dienone is 7. The van der Waals surface area contributed by atoms with Crippen molar-refractivity contribution in [1.82, 2.24) is 0 Å². The van der Waals surface area contributed by atoms with E-state index in [1.807, 2.05) is 18.2 Å². The second kappa shape index (κ2) is 36.5. The van der Waals surface area contributed by atoms with Crippen LogP contribution >= 0.6 is 19.6 Å². The van der Waals surface area contributed by atoms with E-state index in [9.17, 15) is 34.1 Å². The van der Waals surface area contributed by atoms with Crippen LogP contribution in [0.5, 0.6) is 0 Å². The van der Waals surface area contributed by atoms with E-state index in [0.717, 1.165) is 38.5 Å². The normalized spacial score (nSPS) is 15.9. The number of esters is 2. The van der Waals surface area contributed by atoms with Gasteiger partial charge in [0.25, 0.3) is 0 Å². The fraction of sp³-hybridized carbons (Fsp3) is 0.738. The van der Waals surface area contributed by atoms with Gasteiger partial charge >= 0.3 is 25.7 Å². The number of aliphatic hydroxyl groups is 3. The van der Waals surface area contributed by atoms with E-state index in [0.29, 0.717) is 12.3 Å². The fourth-order valence-electron chi connectivity index (χ4n) is 5.26. The van der Waals surface area contributed by atoms with Gasteiger partial charge in [-0.1, -0.05) is 127 Å². The van der Waals surface area contributed by atoms with Gasteiger partial charge in [0.15, 0.2) is 6.10 Å². The first kappa shape index (κ1) is 55.7. The minimum absolute atomic E-state index is 0.0174. The molecular weight excluding hydrogens is 789 g/mol. The summed E-state index contributed by atoms with van der Waals surface area (Å²) in [6.07, 6.45) is 25.9. The summed E-state index contributed by atoms with van der Waals surface area (Å²) < 4.78 is 32.7. The number of ether oxygens (including phenoxy) is 2. The Labute approximate surface area is 351 Å². The summed E-state index contributed by atoms with van der Waals surface area (Å²) in [6.45, 7) is 3.97. The molecule has 0 aliphatic heterocycles. The molecule has 0 bridgehead atoms. The molecule has 1 unspecified atom stereocenters. The van der Waals surface area contributed by atoms with Gasteiger partial charge in [-0.25, -0.2) is 4.57 Å². The number of carboxylic acids is 1. The molecule has 7 N–H and O–H groups in total. The molecule has 0 heterocycles. The van der Waals surface area contributed by atoms with Gasteiger partial charge in [-0.15, -0.1) is 11.8 Å². The third-order valence-corrected chi connectivity index (χ3v) is 11.0. The van der Waals surface area contributed by atoms with Crippen LogP contribution in [0, 0.1) is 5.92 Å². The highest BCUT2D eigenvalue weighted by molar-refractivity contribution is 8.00. The highest BCUT2D eigenvalue weighted by atomic mass is 32.2. The Morgan fingerprint density at radius 2 is 1.47 bits per heavy atom. The number of phosphoric acid groups is 1. The molecule has 0 aliphatic rings. The smallest absolute Gasteiger partial charge is 0.472 e. The number of aliphatic hydroxyl groups excluding tert-OH is 3. The van der Waals surface area contributed by atoms with Gasteiger partial charge in [0, 0.05) is 23.8 Å². The molecule has 14 nitrogen and oxygen atoms in total. The van der Waals surface area contributed by atoms with Crippen molar-refractivity contribution in [1.29, 1.82) is 0 Å². The minimum atomic E-state index is -4.75. The summed E-state index contributed by atoms with van der Waals surface area (Å²) >= 11 is 1.19. The zero-order valence-corrected chi connectivity index (χ0v) is 36.8. The number of hydrogen-bond acceptors (Lipinski definition) is 13. The van der Waals surface area contributed by atoms with Crippen molar-refractivity contribution < 1.29 is 62.8 Å². The van der Waals surface area contributed by atoms with E-state index in [2.05, 4.69) is 37.4 Å². The number of carbonyl (C=O) groups excluding carboxylic acids is 2. The molecule has 0 amide bonds. The molecule has 336 valence electrons. The van der Waals surface area contributed by atoms with Crippen LogP contribution in [-0.2, 0) is 37.5 Å². The minimum Gasteiger partial charge on any atom is -0.481 e. The third kappa shape index (κ3) is 34.5. The quantitative estimate of drug-likeness (QED) is 0.0117. The first-order chi connectivity index (χ1) is 27.7. The number of phosphoric ester groups is 1. The lowest BCUT2D eigenvalue weighted by molar-refractivity contribution is -0.161. The molecule has 0 aromatic carbocycles. The molecule has 0 aromatic heterocycles. The van der Waals surface area contributed by atoms with Crippen LogP contribution in [0.15, 0.2) is 48.6 Å². The summed E-state index contributed by atoms with van der Waals surface area (Å²) in [5, 5.41) is 37.7. The number of carboxylic acid groups (broad SMARTS) is 1. The Kier molecular flexibility index (Phi) is 35.0.